The molecule has 6 nitrogen and oxygen atoms in total. The first-order valence-corrected chi connectivity index (χ1v) is 10.1. The van der Waals surface area contributed by atoms with Gasteiger partial charge in [0.1, 0.15) is 6.07 Å². The van der Waals surface area contributed by atoms with E-state index in [-0.39, 0.29) is 29.5 Å². The lowest BCUT2D eigenvalue weighted by Crippen LogP contribution is -2.50. The van der Waals surface area contributed by atoms with Crippen LogP contribution in [-0.2, 0) is 10.0 Å². The lowest BCUT2D eigenvalue weighted by molar-refractivity contribution is 0.0697. The quantitative estimate of drug-likeness (QED) is 0.815. The highest BCUT2D eigenvalue weighted by molar-refractivity contribution is 7.89. The van der Waals surface area contributed by atoms with Crippen LogP contribution < -0.4 is 0 Å². The van der Waals surface area contributed by atoms with E-state index >= 15 is 0 Å². The van der Waals surface area contributed by atoms with Crippen LogP contribution in [-0.4, -0.2) is 49.7 Å². The number of sulfonamides is 1. The number of rotatable bonds is 3. The Bertz CT molecular complexity index is 1020. The second-order valence-corrected chi connectivity index (χ2v) is 8.53. The zero-order chi connectivity index (χ0) is 19.6. The summed E-state index contributed by atoms with van der Waals surface area (Å²) in [5.41, 5.74) is 2.70. The summed E-state index contributed by atoms with van der Waals surface area (Å²) in [5, 5.41) is 9.18. The number of nitrogens with zero attached hydrogens (tertiary/aromatic N) is 3. The van der Waals surface area contributed by atoms with Crippen molar-refractivity contribution in [2.75, 3.05) is 26.2 Å². The van der Waals surface area contributed by atoms with Crippen molar-refractivity contribution < 1.29 is 13.2 Å². The van der Waals surface area contributed by atoms with E-state index in [9.17, 15) is 18.5 Å². The molecule has 0 aromatic heterocycles. The van der Waals surface area contributed by atoms with Gasteiger partial charge in [-0.1, -0.05) is 29.8 Å². The van der Waals surface area contributed by atoms with Crippen LogP contribution in [0, 0.1) is 25.2 Å². The molecular formula is C20H21N3O3S. The van der Waals surface area contributed by atoms with Gasteiger partial charge in [0.2, 0.25) is 10.0 Å². The molecule has 0 unspecified atom stereocenters. The Balaban J connectivity index is 1.76. The number of amides is 1. The first kappa shape index (κ1) is 19.1. The molecule has 27 heavy (non-hydrogen) atoms. The van der Waals surface area contributed by atoms with Crippen LogP contribution in [0.25, 0.3) is 0 Å². The lowest BCUT2D eigenvalue weighted by atomic mass is 10.0. The second-order valence-electron chi connectivity index (χ2n) is 6.62. The molecule has 7 heteroatoms. The molecular weight excluding hydrogens is 362 g/mol. The zero-order valence-corrected chi connectivity index (χ0v) is 16.2. The van der Waals surface area contributed by atoms with Gasteiger partial charge in [-0.05, 0) is 37.6 Å². The highest BCUT2D eigenvalue weighted by Crippen LogP contribution is 2.22. The number of hydrogen-bond acceptors (Lipinski definition) is 4. The molecule has 1 amide bonds. The molecule has 0 atom stereocenters. The number of hydrogen-bond donors (Lipinski definition) is 0. The molecule has 0 aliphatic carbocycles. The zero-order valence-electron chi connectivity index (χ0n) is 15.3. The Morgan fingerprint density at radius 3 is 2.37 bits per heavy atom. The van der Waals surface area contributed by atoms with Crippen molar-refractivity contribution in [2.45, 2.75) is 18.7 Å². The minimum Gasteiger partial charge on any atom is -0.336 e. The normalized spacial score (nSPS) is 15.4. The van der Waals surface area contributed by atoms with Gasteiger partial charge in [0.25, 0.3) is 5.91 Å². The fraction of sp³-hybridized carbons (Fsp3) is 0.300. The second kappa shape index (κ2) is 7.51. The van der Waals surface area contributed by atoms with Gasteiger partial charge in [-0.15, -0.1) is 0 Å². The summed E-state index contributed by atoms with van der Waals surface area (Å²) in [6.45, 7) is 4.89. The Hall–Kier alpha value is -2.69. The average molecular weight is 383 g/mol. The molecule has 0 radical (unpaired) electrons. The fourth-order valence-electron chi connectivity index (χ4n) is 3.19. The monoisotopic (exact) mass is 383 g/mol. The number of aryl methyl sites for hydroxylation is 2. The maximum Gasteiger partial charge on any atom is 0.254 e. The maximum absolute atomic E-state index is 12.9. The maximum atomic E-state index is 12.9. The molecule has 140 valence electrons. The third kappa shape index (κ3) is 3.72. The minimum absolute atomic E-state index is 0.0156. The Morgan fingerprint density at radius 2 is 1.70 bits per heavy atom. The molecule has 1 fully saturated rings. The molecule has 3 rings (SSSR count). The lowest BCUT2D eigenvalue weighted by Gasteiger charge is -2.34. The Kier molecular flexibility index (Phi) is 5.31. The molecule has 2 aromatic carbocycles. The topological polar surface area (TPSA) is 81.5 Å². The standard InChI is InChI=1S/C20H21N3O3S/c1-15-7-8-16(2)18(13-15)20(24)22-9-11-23(12-10-22)27(25,26)19-6-4-3-5-17(19)14-21/h3-8,13H,9-12H2,1-2H3. The number of nitriles is 1. The van der Waals surface area contributed by atoms with Gasteiger partial charge in [0.15, 0.2) is 0 Å². The largest absolute Gasteiger partial charge is 0.336 e. The van der Waals surface area contributed by atoms with Crippen molar-refractivity contribution in [3.63, 3.8) is 0 Å². The van der Waals surface area contributed by atoms with Gasteiger partial charge in [0.05, 0.1) is 10.5 Å². The van der Waals surface area contributed by atoms with Crippen LogP contribution in [0.15, 0.2) is 47.4 Å². The fourth-order valence-corrected chi connectivity index (χ4v) is 4.76. The number of benzene rings is 2. The SMILES string of the molecule is Cc1ccc(C)c(C(=O)N2CCN(S(=O)(=O)c3ccccc3C#N)CC2)c1. The van der Waals surface area contributed by atoms with Gasteiger partial charge in [-0.25, -0.2) is 8.42 Å². The van der Waals surface area contributed by atoms with Crippen LogP contribution in [0.1, 0.15) is 27.0 Å². The van der Waals surface area contributed by atoms with E-state index in [2.05, 4.69) is 0 Å². The van der Waals surface area contributed by atoms with Gasteiger partial charge >= 0.3 is 0 Å². The van der Waals surface area contributed by atoms with Crippen molar-refractivity contribution in [3.05, 3.63) is 64.7 Å². The van der Waals surface area contributed by atoms with Gasteiger partial charge in [-0.2, -0.15) is 9.57 Å². The van der Waals surface area contributed by atoms with Gasteiger partial charge in [0, 0.05) is 31.7 Å². The predicted molar refractivity (Wildman–Crippen MR) is 102 cm³/mol. The molecule has 1 aliphatic heterocycles. The van der Waals surface area contributed by atoms with Crippen molar-refractivity contribution >= 4 is 15.9 Å². The third-order valence-corrected chi connectivity index (χ3v) is 6.73. The summed E-state index contributed by atoms with van der Waals surface area (Å²) in [5.74, 6) is -0.0781. The highest BCUT2D eigenvalue weighted by atomic mass is 32.2. The van der Waals surface area contributed by atoms with Crippen LogP contribution >= 0.6 is 0 Å². The first-order valence-electron chi connectivity index (χ1n) is 8.70. The number of piperazine rings is 1. The minimum atomic E-state index is -3.76. The van der Waals surface area contributed by atoms with E-state index in [1.54, 1.807) is 17.0 Å². The molecule has 1 heterocycles. The summed E-state index contributed by atoms with van der Waals surface area (Å²) < 4.78 is 27.1. The van der Waals surface area contributed by atoms with Crippen LogP contribution in [0.4, 0.5) is 0 Å². The summed E-state index contributed by atoms with van der Waals surface area (Å²) >= 11 is 0. The van der Waals surface area contributed by atoms with E-state index in [0.29, 0.717) is 18.7 Å². The molecule has 1 saturated heterocycles. The van der Waals surface area contributed by atoms with E-state index in [1.165, 1.54) is 16.4 Å². The van der Waals surface area contributed by atoms with Crippen molar-refractivity contribution in [3.8, 4) is 6.07 Å². The third-order valence-electron chi connectivity index (χ3n) is 4.77. The Morgan fingerprint density at radius 1 is 1.04 bits per heavy atom. The summed E-state index contributed by atoms with van der Waals surface area (Å²) in [4.78, 5) is 14.5. The van der Waals surface area contributed by atoms with Gasteiger partial charge in [-0.3, -0.25) is 4.79 Å². The molecule has 0 N–H and O–H groups in total. The molecule has 0 saturated carbocycles. The van der Waals surface area contributed by atoms with Gasteiger partial charge < -0.3 is 4.90 Å². The summed E-state index contributed by atoms with van der Waals surface area (Å²) in [6, 6.07) is 13.9. The number of carbonyl (C=O) groups excluding carboxylic acids is 1. The molecule has 0 bridgehead atoms. The van der Waals surface area contributed by atoms with E-state index in [0.717, 1.165) is 11.1 Å². The van der Waals surface area contributed by atoms with Crippen LogP contribution in [0.3, 0.4) is 0 Å². The van der Waals surface area contributed by atoms with Crippen molar-refractivity contribution in [1.82, 2.24) is 9.21 Å². The smallest absolute Gasteiger partial charge is 0.254 e. The van der Waals surface area contributed by atoms with Crippen molar-refractivity contribution in [2.24, 2.45) is 0 Å². The van der Waals surface area contributed by atoms with Crippen LogP contribution in [0.5, 0.6) is 0 Å². The van der Waals surface area contributed by atoms with E-state index < -0.39 is 10.0 Å². The van der Waals surface area contributed by atoms with Crippen LogP contribution in [0.2, 0.25) is 0 Å². The van der Waals surface area contributed by atoms with E-state index in [4.69, 9.17) is 0 Å². The number of carbonyl (C=O) groups is 1. The first-order chi connectivity index (χ1) is 12.8. The predicted octanol–water partition coefficient (Wildman–Crippen LogP) is 2.32. The van der Waals surface area contributed by atoms with Crippen molar-refractivity contribution in [1.29, 1.82) is 5.26 Å². The molecule has 0 spiro atoms. The average Bonchev–Trinajstić information content (AvgIpc) is 2.69. The molecule has 2 aromatic rings. The Labute approximate surface area is 159 Å². The summed E-state index contributed by atoms with van der Waals surface area (Å²) in [6.07, 6.45) is 0. The summed E-state index contributed by atoms with van der Waals surface area (Å²) in [7, 11) is -3.76. The highest BCUT2D eigenvalue weighted by Gasteiger charge is 2.32. The molecule has 1 aliphatic rings. The van der Waals surface area contributed by atoms with E-state index in [1.807, 2.05) is 38.1 Å².